The molecule has 2 unspecified atom stereocenters. The fourth-order valence-electron chi connectivity index (χ4n) is 3.45. The molecule has 100 valence electrons. The van der Waals surface area contributed by atoms with Crippen LogP contribution >= 0.6 is 0 Å². The van der Waals surface area contributed by atoms with E-state index in [4.69, 9.17) is 4.74 Å². The summed E-state index contributed by atoms with van der Waals surface area (Å²) in [6.45, 7) is 6.78. The van der Waals surface area contributed by atoms with Gasteiger partial charge in [-0.1, -0.05) is 26.7 Å². The maximum atomic E-state index is 6.34. The van der Waals surface area contributed by atoms with Gasteiger partial charge in [-0.15, -0.1) is 0 Å². The first-order valence-electron chi connectivity index (χ1n) is 7.63. The first-order chi connectivity index (χ1) is 8.24. The Labute approximate surface area is 107 Å². The number of hydrogen-bond acceptors (Lipinski definition) is 2. The first-order valence-corrected chi connectivity index (χ1v) is 7.63. The smallest absolute Gasteiger partial charge is 0.0687 e. The van der Waals surface area contributed by atoms with Crippen LogP contribution in [0.5, 0.6) is 0 Å². The predicted octanol–water partition coefficient (Wildman–Crippen LogP) is 3.50. The van der Waals surface area contributed by atoms with E-state index in [0.29, 0.717) is 11.7 Å². The van der Waals surface area contributed by atoms with Crippen LogP contribution in [0.15, 0.2) is 0 Å². The Hall–Kier alpha value is -0.0800. The summed E-state index contributed by atoms with van der Waals surface area (Å²) in [5.41, 5.74) is 0.329. The van der Waals surface area contributed by atoms with Crippen LogP contribution in [0.25, 0.3) is 0 Å². The van der Waals surface area contributed by atoms with Crippen molar-refractivity contribution >= 4 is 0 Å². The minimum Gasteiger partial charge on any atom is -0.372 e. The highest BCUT2D eigenvalue weighted by molar-refractivity contribution is 4.92. The van der Waals surface area contributed by atoms with Crippen LogP contribution in [0.4, 0.5) is 0 Å². The zero-order valence-corrected chi connectivity index (χ0v) is 11.6. The van der Waals surface area contributed by atoms with Gasteiger partial charge in [0.25, 0.3) is 0 Å². The third kappa shape index (κ3) is 3.69. The summed E-state index contributed by atoms with van der Waals surface area (Å²) in [7, 11) is 0. The van der Waals surface area contributed by atoms with Crippen LogP contribution in [-0.2, 0) is 4.74 Å². The van der Waals surface area contributed by atoms with Gasteiger partial charge in [-0.05, 0) is 57.5 Å². The summed E-state index contributed by atoms with van der Waals surface area (Å²) in [6.07, 6.45) is 11.2. The van der Waals surface area contributed by atoms with E-state index in [-0.39, 0.29) is 0 Å². The number of hydrogen-bond donors (Lipinski definition) is 1. The molecule has 0 amide bonds. The molecule has 2 heteroatoms. The normalized spacial score (nSPS) is 28.9. The molecule has 1 aliphatic carbocycles. The molecular formula is C15H29NO. The second-order valence-corrected chi connectivity index (χ2v) is 6.16. The van der Waals surface area contributed by atoms with Crippen molar-refractivity contribution < 1.29 is 4.74 Å². The maximum Gasteiger partial charge on any atom is 0.0687 e. The molecule has 0 aromatic heterocycles. The predicted molar refractivity (Wildman–Crippen MR) is 72.2 cm³/mol. The monoisotopic (exact) mass is 239 g/mol. The molecule has 0 aromatic rings. The van der Waals surface area contributed by atoms with Gasteiger partial charge in [0.15, 0.2) is 0 Å². The molecule has 1 saturated heterocycles. The quantitative estimate of drug-likeness (QED) is 0.766. The van der Waals surface area contributed by atoms with Gasteiger partial charge < -0.3 is 10.1 Å². The van der Waals surface area contributed by atoms with Crippen molar-refractivity contribution in [2.24, 2.45) is 5.92 Å². The largest absolute Gasteiger partial charge is 0.372 e. The molecule has 2 fully saturated rings. The van der Waals surface area contributed by atoms with Crippen LogP contribution in [0.2, 0.25) is 0 Å². The molecule has 0 radical (unpaired) electrons. The van der Waals surface area contributed by atoms with Gasteiger partial charge in [0.2, 0.25) is 0 Å². The lowest BCUT2D eigenvalue weighted by Crippen LogP contribution is -2.25. The van der Waals surface area contributed by atoms with Gasteiger partial charge in [-0.25, -0.2) is 0 Å². The van der Waals surface area contributed by atoms with Crippen molar-refractivity contribution in [3.8, 4) is 0 Å². The molecule has 2 nitrogen and oxygen atoms in total. The molecule has 17 heavy (non-hydrogen) atoms. The van der Waals surface area contributed by atoms with E-state index in [0.717, 1.165) is 19.0 Å². The summed E-state index contributed by atoms with van der Waals surface area (Å²) in [5, 5.41) is 3.43. The van der Waals surface area contributed by atoms with E-state index in [1.165, 1.54) is 51.4 Å². The Balaban J connectivity index is 1.64. The van der Waals surface area contributed by atoms with Gasteiger partial charge in [-0.2, -0.15) is 0 Å². The molecule has 1 N–H and O–H groups in total. The molecular weight excluding hydrogens is 210 g/mol. The maximum absolute atomic E-state index is 6.34. The third-order valence-corrected chi connectivity index (χ3v) is 4.58. The van der Waals surface area contributed by atoms with Gasteiger partial charge in [0.05, 0.1) is 11.7 Å². The molecule has 2 aliphatic rings. The van der Waals surface area contributed by atoms with E-state index in [1.807, 2.05) is 0 Å². The fraction of sp³-hybridized carbons (Fsp3) is 1.00. The summed E-state index contributed by atoms with van der Waals surface area (Å²) in [6, 6.07) is 0. The molecule has 1 aliphatic heterocycles. The van der Waals surface area contributed by atoms with Crippen molar-refractivity contribution in [2.75, 3.05) is 13.1 Å². The third-order valence-electron chi connectivity index (χ3n) is 4.58. The summed E-state index contributed by atoms with van der Waals surface area (Å²) < 4.78 is 6.34. The average Bonchev–Trinajstić information content (AvgIpc) is 2.95. The van der Waals surface area contributed by atoms with Crippen molar-refractivity contribution in [1.82, 2.24) is 5.32 Å². The first kappa shape index (κ1) is 13.4. The van der Waals surface area contributed by atoms with E-state index in [2.05, 4.69) is 19.2 Å². The van der Waals surface area contributed by atoms with Crippen LogP contribution in [0, 0.1) is 5.92 Å². The lowest BCUT2D eigenvalue weighted by Gasteiger charge is -2.24. The molecule has 0 aromatic carbocycles. The highest BCUT2D eigenvalue weighted by Crippen LogP contribution is 2.44. The standard InChI is InChI=1S/C15H29NO/c1-3-16-12-13(2)6-7-14-8-11-15(17-14)9-4-5-10-15/h13-14,16H,3-12H2,1-2H3. The molecule has 0 bridgehead atoms. The highest BCUT2D eigenvalue weighted by Gasteiger charge is 2.41. The Kier molecular flexibility index (Phi) is 4.87. The summed E-state index contributed by atoms with van der Waals surface area (Å²) in [5.74, 6) is 0.790. The van der Waals surface area contributed by atoms with Crippen molar-refractivity contribution in [3.63, 3.8) is 0 Å². The van der Waals surface area contributed by atoms with E-state index < -0.39 is 0 Å². The van der Waals surface area contributed by atoms with Gasteiger partial charge >= 0.3 is 0 Å². The Morgan fingerprint density at radius 3 is 2.76 bits per heavy atom. The topological polar surface area (TPSA) is 21.3 Å². The highest BCUT2D eigenvalue weighted by atomic mass is 16.5. The Bertz CT molecular complexity index is 223. The number of nitrogens with one attached hydrogen (secondary N) is 1. The molecule has 1 saturated carbocycles. The minimum atomic E-state index is 0.329. The SMILES string of the molecule is CCNCC(C)CCC1CCC2(CCCC2)O1. The minimum absolute atomic E-state index is 0.329. The van der Waals surface area contributed by atoms with Crippen LogP contribution in [-0.4, -0.2) is 24.8 Å². The Morgan fingerprint density at radius 1 is 1.29 bits per heavy atom. The lowest BCUT2D eigenvalue weighted by molar-refractivity contribution is -0.0404. The summed E-state index contributed by atoms with van der Waals surface area (Å²) in [4.78, 5) is 0. The average molecular weight is 239 g/mol. The van der Waals surface area contributed by atoms with Crippen LogP contribution in [0.1, 0.15) is 65.2 Å². The lowest BCUT2D eigenvalue weighted by atomic mass is 9.97. The zero-order valence-electron chi connectivity index (χ0n) is 11.6. The van der Waals surface area contributed by atoms with Gasteiger partial charge in [-0.3, -0.25) is 0 Å². The molecule has 2 rings (SSSR count). The number of rotatable bonds is 6. The van der Waals surface area contributed by atoms with Crippen molar-refractivity contribution in [3.05, 3.63) is 0 Å². The van der Waals surface area contributed by atoms with E-state index in [9.17, 15) is 0 Å². The Morgan fingerprint density at radius 2 is 2.06 bits per heavy atom. The summed E-state index contributed by atoms with van der Waals surface area (Å²) >= 11 is 0. The van der Waals surface area contributed by atoms with Crippen LogP contribution < -0.4 is 5.32 Å². The zero-order chi connectivity index (χ0) is 12.1. The van der Waals surface area contributed by atoms with Crippen molar-refractivity contribution in [2.45, 2.75) is 76.9 Å². The van der Waals surface area contributed by atoms with E-state index in [1.54, 1.807) is 0 Å². The number of ether oxygens (including phenoxy) is 1. The second kappa shape index (κ2) is 6.19. The van der Waals surface area contributed by atoms with Crippen molar-refractivity contribution in [1.29, 1.82) is 0 Å². The van der Waals surface area contributed by atoms with Gasteiger partial charge in [0.1, 0.15) is 0 Å². The van der Waals surface area contributed by atoms with Crippen LogP contribution in [0.3, 0.4) is 0 Å². The van der Waals surface area contributed by atoms with E-state index >= 15 is 0 Å². The molecule has 1 heterocycles. The second-order valence-electron chi connectivity index (χ2n) is 6.16. The van der Waals surface area contributed by atoms with Gasteiger partial charge in [0, 0.05) is 0 Å². The molecule has 2 atom stereocenters. The molecule has 1 spiro atoms. The fourth-order valence-corrected chi connectivity index (χ4v) is 3.45.